The Hall–Kier alpha value is -4.39. The molecule has 0 saturated heterocycles. The Morgan fingerprint density at radius 1 is 1.00 bits per heavy atom. The highest BCUT2D eigenvalue weighted by atomic mass is 19.4. The molecule has 13 heteroatoms. The van der Waals surface area contributed by atoms with Gasteiger partial charge in [0.05, 0.1) is 11.8 Å². The van der Waals surface area contributed by atoms with Crippen LogP contribution in [0.2, 0.25) is 0 Å². The minimum Gasteiger partial charge on any atom is -0.343 e. The minimum atomic E-state index is -4.89. The van der Waals surface area contributed by atoms with Crippen molar-refractivity contribution in [1.82, 2.24) is 24.8 Å². The van der Waals surface area contributed by atoms with Crippen LogP contribution in [0.15, 0.2) is 48.9 Å². The maximum absolute atomic E-state index is 13.6. The van der Waals surface area contributed by atoms with E-state index in [9.17, 15) is 22.4 Å². The fourth-order valence-corrected chi connectivity index (χ4v) is 3.62. The highest BCUT2D eigenvalue weighted by molar-refractivity contribution is 6.05. The average Bonchev–Trinajstić information content (AvgIpc) is 2.88. The summed E-state index contributed by atoms with van der Waals surface area (Å²) in [5, 5.41) is 5.57. The summed E-state index contributed by atoms with van der Waals surface area (Å²) in [7, 11) is 5.83. The highest BCUT2D eigenvalue weighted by Gasteiger charge is 2.34. The van der Waals surface area contributed by atoms with Gasteiger partial charge >= 0.3 is 6.18 Å². The van der Waals surface area contributed by atoms with Crippen molar-refractivity contribution in [3.05, 3.63) is 71.4 Å². The first-order valence-corrected chi connectivity index (χ1v) is 11.8. The number of hydrogen-bond acceptors (Lipinski definition) is 8. The van der Waals surface area contributed by atoms with E-state index < -0.39 is 23.5 Å². The lowest BCUT2D eigenvalue weighted by Crippen LogP contribution is -2.29. The number of fused-ring (bicyclic) bond motifs is 1. The van der Waals surface area contributed by atoms with Crippen molar-refractivity contribution in [3.63, 3.8) is 0 Å². The Morgan fingerprint density at radius 3 is 2.49 bits per heavy atom. The van der Waals surface area contributed by atoms with Crippen LogP contribution in [-0.2, 0) is 6.18 Å². The van der Waals surface area contributed by atoms with E-state index in [0.717, 1.165) is 18.2 Å². The molecule has 9 nitrogen and oxygen atoms in total. The van der Waals surface area contributed by atoms with Gasteiger partial charge in [-0.3, -0.25) is 4.79 Å². The largest absolute Gasteiger partial charge is 0.419 e. The first-order valence-electron chi connectivity index (χ1n) is 11.8. The molecular weight excluding hydrogens is 516 g/mol. The van der Waals surface area contributed by atoms with Gasteiger partial charge in [-0.15, -0.1) is 0 Å². The molecule has 0 spiro atoms. The van der Waals surface area contributed by atoms with Crippen LogP contribution in [0.3, 0.4) is 0 Å². The van der Waals surface area contributed by atoms with E-state index in [-0.39, 0.29) is 11.3 Å². The molecular formula is C26H26F4N8O. The van der Waals surface area contributed by atoms with Crippen LogP contribution in [0.1, 0.15) is 21.5 Å². The fourth-order valence-electron chi connectivity index (χ4n) is 3.62. The van der Waals surface area contributed by atoms with E-state index in [1.165, 1.54) is 18.5 Å². The van der Waals surface area contributed by atoms with E-state index in [4.69, 9.17) is 0 Å². The maximum atomic E-state index is 13.6. The van der Waals surface area contributed by atoms with Gasteiger partial charge in [-0.25, -0.2) is 24.3 Å². The topological polar surface area (TPSA) is 99.2 Å². The van der Waals surface area contributed by atoms with E-state index in [1.807, 2.05) is 37.9 Å². The smallest absolute Gasteiger partial charge is 0.343 e. The lowest BCUT2D eigenvalue weighted by atomic mass is 10.1. The van der Waals surface area contributed by atoms with Crippen LogP contribution in [0.4, 0.5) is 40.7 Å². The molecule has 2 heterocycles. The van der Waals surface area contributed by atoms with Crippen LogP contribution in [0, 0.1) is 12.7 Å². The molecule has 0 unspecified atom stereocenters. The molecule has 0 saturated carbocycles. The normalized spacial score (nSPS) is 11.6. The predicted molar refractivity (Wildman–Crippen MR) is 141 cm³/mol. The van der Waals surface area contributed by atoms with Crippen molar-refractivity contribution in [2.45, 2.75) is 13.1 Å². The number of benzene rings is 2. The van der Waals surface area contributed by atoms with Crippen molar-refractivity contribution in [3.8, 4) is 0 Å². The average molecular weight is 543 g/mol. The molecule has 4 rings (SSSR count). The van der Waals surface area contributed by atoms with Gasteiger partial charge in [-0.1, -0.05) is 6.07 Å². The number of nitrogens with zero attached hydrogens (tertiary/aromatic N) is 6. The second-order valence-electron chi connectivity index (χ2n) is 9.15. The Labute approximate surface area is 221 Å². The number of carbonyl (C=O) groups is 1. The van der Waals surface area contributed by atoms with Crippen LogP contribution in [0.5, 0.6) is 0 Å². The highest BCUT2D eigenvalue weighted by Crippen LogP contribution is 2.33. The summed E-state index contributed by atoms with van der Waals surface area (Å²) in [6.07, 6.45) is -1.93. The van der Waals surface area contributed by atoms with Crippen LogP contribution in [-0.4, -0.2) is 65.0 Å². The second kappa shape index (κ2) is 11.2. The lowest BCUT2D eigenvalue weighted by molar-refractivity contribution is -0.139. The van der Waals surface area contributed by atoms with Crippen molar-refractivity contribution < 1.29 is 22.4 Å². The molecule has 0 atom stereocenters. The van der Waals surface area contributed by atoms with Crippen molar-refractivity contribution in [2.24, 2.45) is 0 Å². The molecule has 39 heavy (non-hydrogen) atoms. The quantitative estimate of drug-likeness (QED) is 0.304. The Balaban J connectivity index is 1.60. The summed E-state index contributed by atoms with van der Waals surface area (Å²) >= 11 is 0. The van der Waals surface area contributed by atoms with Gasteiger partial charge < -0.3 is 20.4 Å². The molecule has 0 bridgehead atoms. The number of hydrogen-bond donors (Lipinski definition) is 2. The minimum absolute atomic E-state index is 0.165. The monoisotopic (exact) mass is 542 g/mol. The first-order chi connectivity index (χ1) is 18.4. The summed E-state index contributed by atoms with van der Waals surface area (Å²) in [4.78, 5) is 34.4. The lowest BCUT2D eigenvalue weighted by Gasteiger charge is -2.20. The summed E-state index contributed by atoms with van der Waals surface area (Å²) in [6, 6.07) is 7.03. The number of aryl methyl sites for hydroxylation is 1. The van der Waals surface area contributed by atoms with E-state index >= 15 is 0 Å². The predicted octanol–water partition coefficient (Wildman–Crippen LogP) is 4.88. The summed E-state index contributed by atoms with van der Waals surface area (Å²) in [6.45, 7) is 3.32. The number of nitrogens with one attached hydrogen (secondary N) is 2. The van der Waals surface area contributed by atoms with E-state index in [2.05, 4.69) is 30.6 Å². The molecule has 204 valence electrons. The summed E-state index contributed by atoms with van der Waals surface area (Å²) in [5.41, 5.74) is 0.804. The van der Waals surface area contributed by atoms with Gasteiger partial charge in [-0.2, -0.15) is 13.2 Å². The van der Waals surface area contributed by atoms with Gasteiger partial charge in [0.1, 0.15) is 23.2 Å². The first kappa shape index (κ1) is 27.6. The van der Waals surface area contributed by atoms with Gasteiger partial charge in [-0.05, 0) is 56.9 Å². The number of carbonyl (C=O) groups excluding carboxylic acids is 1. The number of alkyl halides is 3. The zero-order valence-corrected chi connectivity index (χ0v) is 21.6. The zero-order valence-electron chi connectivity index (χ0n) is 21.6. The maximum Gasteiger partial charge on any atom is 0.419 e. The number of amides is 1. The third-order valence-corrected chi connectivity index (χ3v) is 5.87. The van der Waals surface area contributed by atoms with Crippen molar-refractivity contribution in [1.29, 1.82) is 0 Å². The molecule has 0 aliphatic carbocycles. The third kappa shape index (κ3) is 6.55. The molecule has 4 aromatic rings. The van der Waals surface area contributed by atoms with Gasteiger partial charge in [0, 0.05) is 37.1 Å². The Bertz CT molecular complexity index is 1510. The van der Waals surface area contributed by atoms with Crippen LogP contribution >= 0.6 is 0 Å². The molecule has 0 radical (unpaired) electrons. The fraction of sp³-hybridized carbons (Fsp3) is 0.269. The molecule has 2 aromatic heterocycles. The third-order valence-electron chi connectivity index (χ3n) is 5.87. The van der Waals surface area contributed by atoms with Gasteiger partial charge in [0.25, 0.3) is 5.91 Å². The Morgan fingerprint density at radius 2 is 1.77 bits per heavy atom. The number of aromatic nitrogens is 4. The van der Waals surface area contributed by atoms with Gasteiger partial charge in [0.2, 0.25) is 5.95 Å². The van der Waals surface area contributed by atoms with E-state index in [0.29, 0.717) is 47.2 Å². The molecule has 0 fully saturated rings. The molecule has 0 aliphatic rings. The number of anilines is 4. The van der Waals surface area contributed by atoms with Gasteiger partial charge in [0.15, 0.2) is 5.82 Å². The van der Waals surface area contributed by atoms with Crippen LogP contribution < -0.4 is 15.5 Å². The molecule has 2 N–H and O–H groups in total. The molecule has 0 aliphatic heterocycles. The molecule has 1 amide bonds. The summed E-state index contributed by atoms with van der Waals surface area (Å²) < 4.78 is 52.8. The van der Waals surface area contributed by atoms with Crippen molar-refractivity contribution >= 4 is 40.1 Å². The second-order valence-corrected chi connectivity index (χ2v) is 9.15. The standard InChI is InChI=1S/C26H26F4N8O/c1-15-5-6-16(24(39)34-17-7-8-19(27)18(12-17)26(28,29)30)11-20(15)35-23-22-21(32-14-33-23)13-31-25(36-22)38(4)10-9-37(2)3/h5-8,11-14H,9-10H2,1-4H3,(H,34,39)(H,32,33,35). The van der Waals surface area contributed by atoms with E-state index in [1.54, 1.807) is 12.3 Å². The zero-order chi connectivity index (χ0) is 28.3. The SMILES string of the molecule is Cc1ccc(C(=O)Nc2ccc(F)c(C(F)(F)F)c2)cc1Nc1ncnc2cnc(N(C)CCN(C)C)nc12. The number of rotatable bonds is 8. The van der Waals surface area contributed by atoms with Crippen LogP contribution in [0.25, 0.3) is 11.0 Å². The number of halogens is 4. The Kier molecular flexibility index (Phi) is 7.90. The summed E-state index contributed by atoms with van der Waals surface area (Å²) in [5.74, 6) is -1.21. The molecule has 2 aromatic carbocycles. The van der Waals surface area contributed by atoms with Crippen molar-refractivity contribution in [2.75, 3.05) is 49.8 Å². The number of likely N-dealkylation sites (N-methyl/N-ethyl adjacent to an activating group) is 2.